The lowest BCUT2D eigenvalue weighted by Crippen LogP contribution is -2.52. The number of pyridine rings is 2. The second kappa shape index (κ2) is 21.0. The molecule has 3 aromatic heterocycles. The third-order valence-electron chi connectivity index (χ3n) is 12.4. The zero-order valence-electron chi connectivity index (χ0n) is 37.5. The third-order valence-corrected chi connectivity index (χ3v) is 12.4. The van der Waals surface area contributed by atoms with Gasteiger partial charge in [-0.15, -0.1) is 0 Å². The number of anilines is 2. The number of unbranched alkanes of at least 4 members (excludes halogenated alkanes) is 1. The van der Waals surface area contributed by atoms with Crippen LogP contribution in [0.5, 0.6) is 0 Å². The van der Waals surface area contributed by atoms with Crippen LogP contribution < -0.4 is 21.7 Å². The molecule has 0 radical (unpaired) electrons. The van der Waals surface area contributed by atoms with Crippen LogP contribution in [0.15, 0.2) is 73.1 Å². The van der Waals surface area contributed by atoms with Gasteiger partial charge in [0.25, 0.3) is 11.8 Å². The molecule has 1 saturated carbocycles. The Bertz CT molecular complexity index is 2900. The number of alkyl halides is 3. The summed E-state index contributed by atoms with van der Waals surface area (Å²) >= 11 is 0. The highest BCUT2D eigenvalue weighted by molar-refractivity contribution is 6.07. The van der Waals surface area contributed by atoms with E-state index in [4.69, 9.17) is 5.73 Å². The highest BCUT2D eigenvalue weighted by atomic mass is 19.4. The highest BCUT2D eigenvalue weighted by Crippen LogP contribution is 2.33. The standard InChI is InChI=1S/C50H49F3N10O6/c51-50(52,53)35-22-23-55-39(26-35)58-47(67)32-17-15-31(16-18-32)44-43-45(61-60-44)33(27-56-46(43)54)10-7-8-24-62(29-41(65)57-36-11-4-2-5-12-36)42(66)13-6-1-3-9-30-14-19-37-34(25-30)28-63(49(37)69)38-20-21-40(64)59-48(38)68/h7,10,14-19,22-23,25-27,36,38H,1-2,4-6,8,11-13,20-21,24,28-29H2,(H2,54,56)(H,57,65)(H,60,61)(H,55,58,67)(H,59,64,68)/b10-7+. The van der Waals surface area contributed by atoms with Gasteiger partial charge < -0.3 is 26.2 Å². The van der Waals surface area contributed by atoms with Crippen LogP contribution >= 0.6 is 0 Å². The van der Waals surface area contributed by atoms with Crippen LogP contribution in [-0.2, 0) is 31.9 Å². The molecule has 5 heterocycles. The van der Waals surface area contributed by atoms with E-state index < -0.39 is 29.6 Å². The molecule has 356 valence electrons. The Kier molecular flexibility index (Phi) is 14.5. The Morgan fingerprint density at radius 3 is 2.55 bits per heavy atom. The molecule has 2 aliphatic heterocycles. The van der Waals surface area contributed by atoms with Crippen LogP contribution in [-0.4, -0.2) is 90.6 Å². The van der Waals surface area contributed by atoms with Crippen LogP contribution in [0.2, 0.25) is 0 Å². The van der Waals surface area contributed by atoms with Gasteiger partial charge in [0.05, 0.1) is 23.2 Å². The number of hydrogen-bond donors (Lipinski definition) is 5. The third kappa shape index (κ3) is 11.5. The fraction of sp³-hybridized carbons (Fsp3) is 0.340. The molecule has 0 spiro atoms. The second-order valence-electron chi connectivity index (χ2n) is 17.2. The molecular formula is C50H49F3N10O6. The molecule has 19 heteroatoms. The van der Waals surface area contributed by atoms with Crippen LogP contribution in [0, 0.1) is 11.8 Å². The largest absolute Gasteiger partial charge is 0.416 e. The van der Waals surface area contributed by atoms with Crippen molar-refractivity contribution in [3.63, 3.8) is 0 Å². The second-order valence-corrected chi connectivity index (χ2v) is 17.2. The lowest BCUT2D eigenvalue weighted by Gasteiger charge is -2.29. The fourth-order valence-corrected chi connectivity index (χ4v) is 8.78. The number of rotatable bonds is 14. The van der Waals surface area contributed by atoms with Crippen molar-refractivity contribution < 1.29 is 41.9 Å². The Hall–Kier alpha value is -7.88. The molecule has 5 aromatic rings. The molecule has 2 fully saturated rings. The molecule has 6 N–H and O–H groups in total. The van der Waals surface area contributed by atoms with Gasteiger partial charge >= 0.3 is 6.18 Å². The van der Waals surface area contributed by atoms with Gasteiger partial charge in [0.15, 0.2) is 0 Å². The number of H-pyrrole nitrogens is 1. The number of carbonyl (C=O) groups is 6. The molecule has 1 atom stereocenters. The number of benzene rings is 2. The summed E-state index contributed by atoms with van der Waals surface area (Å²) in [7, 11) is 0. The molecule has 8 rings (SSSR count). The summed E-state index contributed by atoms with van der Waals surface area (Å²) in [5.74, 6) is 4.08. The van der Waals surface area contributed by atoms with Crippen LogP contribution in [0.4, 0.5) is 24.8 Å². The topological polar surface area (TPSA) is 225 Å². The van der Waals surface area contributed by atoms with Gasteiger partial charge in [0.2, 0.25) is 23.6 Å². The van der Waals surface area contributed by atoms with Crippen LogP contribution in [0.3, 0.4) is 0 Å². The van der Waals surface area contributed by atoms with Gasteiger partial charge in [-0.25, -0.2) is 9.97 Å². The van der Waals surface area contributed by atoms with Gasteiger partial charge in [-0.3, -0.25) is 39.2 Å². The van der Waals surface area contributed by atoms with E-state index >= 15 is 0 Å². The van der Waals surface area contributed by atoms with Crippen molar-refractivity contribution in [2.75, 3.05) is 24.1 Å². The number of hydrogen-bond acceptors (Lipinski definition) is 10. The molecule has 69 heavy (non-hydrogen) atoms. The maximum Gasteiger partial charge on any atom is 0.416 e. The zero-order valence-corrected chi connectivity index (χ0v) is 37.5. The predicted molar refractivity (Wildman–Crippen MR) is 249 cm³/mol. The average Bonchev–Trinajstić information content (AvgIpc) is 3.92. The summed E-state index contributed by atoms with van der Waals surface area (Å²) in [6, 6.07) is 12.5. The summed E-state index contributed by atoms with van der Waals surface area (Å²) in [5, 5.41) is 15.8. The summed E-state index contributed by atoms with van der Waals surface area (Å²) in [5.41, 5.74) is 9.84. The number of amides is 6. The lowest BCUT2D eigenvalue weighted by atomic mass is 9.95. The predicted octanol–water partition coefficient (Wildman–Crippen LogP) is 6.54. The lowest BCUT2D eigenvalue weighted by molar-refractivity contribution is -0.138. The Labute approximate surface area is 394 Å². The SMILES string of the molecule is Nc1ncc(/C=C/CCN(CC(=O)NC2CCCCC2)C(=O)CCCC#Cc2ccc3c(c2)CN(C2CCC(=O)NC2=O)C3=O)c2n[nH]c(-c3ccc(C(=O)Nc4cc(C(F)(F)F)ccn4)cc3)c12. The molecule has 3 aliphatic rings. The maximum absolute atomic E-state index is 13.7. The van der Waals surface area contributed by atoms with Crippen molar-refractivity contribution in [1.29, 1.82) is 0 Å². The van der Waals surface area contributed by atoms with Crippen LogP contribution in [0.1, 0.15) is 114 Å². The highest BCUT2D eigenvalue weighted by Gasteiger charge is 2.39. The Morgan fingerprint density at radius 1 is 0.986 bits per heavy atom. The van der Waals surface area contributed by atoms with Crippen molar-refractivity contribution in [2.45, 2.75) is 95.4 Å². The molecule has 1 aliphatic carbocycles. The summed E-state index contributed by atoms with van der Waals surface area (Å²) in [4.78, 5) is 88.1. The smallest absolute Gasteiger partial charge is 0.383 e. The Balaban J connectivity index is 0.881. The van der Waals surface area contributed by atoms with Crippen LogP contribution in [0.25, 0.3) is 28.2 Å². The first-order chi connectivity index (χ1) is 33.2. The van der Waals surface area contributed by atoms with E-state index in [1.807, 2.05) is 18.2 Å². The number of nitrogens with two attached hydrogens (primary N) is 1. The number of aromatic amines is 1. The number of halogens is 3. The minimum absolute atomic E-state index is 0.0858. The van der Waals surface area contributed by atoms with E-state index in [-0.39, 0.29) is 85.8 Å². The number of aromatic nitrogens is 4. The van der Waals surface area contributed by atoms with Gasteiger partial charge in [0.1, 0.15) is 23.2 Å². The van der Waals surface area contributed by atoms with Gasteiger partial charge in [-0.05, 0) is 80.1 Å². The average molecular weight is 943 g/mol. The monoisotopic (exact) mass is 942 g/mol. The number of fused-ring (bicyclic) bond motifs is 2. The molecule has 0 bridgehead atoms. The number of imide groups is 1. The van der Waals surface area contributed by atoms with Crippen molar-refractivity contribution in [3.8, 4) is 23.1 Å². The van der Waals surface area contributed by atoms with E-state index in [1.54, 1.807) is 35.4 Å². The summed E-state index contributed by atoms with van der Waals surface area (Å²) < 4.78 is 39.5. The maximum atomic E-state index is 13.7. The van der Waals surface area contributed by atoms with Gasteiger partial charge in [0, 0.05) is 78.6 Å². The van der Waals surface area contributed by atoms with E-state index in [0.29, 0.717) is 58.1 Å². The van der Waals surface area contributed by atoms with Gasteiger partial charge in [-0.2, -0.15) is 18.3 Å². The fourth-order valence-electron chi connectivity index (χ4n) is 8.78. The van der Waals surface area contributed by atoms with E-state index in [9.17, 15) is 41.9 Å². The first kappa shape index (κ1) is 47.6. The number of piperidine rings is 1. The van der Waals surface area contributed by atoms with E-state index in [1.165, 1.54) is 17.0 Å². The normalized spacial score (nSPS) is 16.2. The summed E-state index contributed by atoms with van der Waals surface area (Å²) in [6.07, 6.45) is 8.60. The van der Waals surface area contributed by atoms with Crippen molar-refractivity contribution in [1.82, 2.24) is 40.6 Å². The molecule has 2 aromatic carbocycles. The quantitative estimate of drug-likeness (QED) is 0.0459. The van der Waals surface area contributed by atoms with Crippen molar-refractivity contribution in [3.05, 3.63) is 106 Å². The molecule has 1 unspecified atom stereocenters. The zero-order chi connectivity index (χ0) is 48.7. The molecule has 16 nitrogen and oxygen atoms in total. The number of carbonyl (C=O) groups excluding carboxylic acids is 6. The summed E-state index contributed by atoms with van der Waals surface area (Å²) in [6.45, 7) is 0.427. The van der Waals surface area contributed by atoms with Crippen molar-refractivity contribution >= 4 is 64.1 Å². The van der Waals surface area contributed by atoms with E-state index in [2.05, 4.69) is 48.0 Å². The first-order valence-electron chi connectivity index (χ1n) is 22.8. The number of nitrogen functional groups attached to an aromatic ring is 1. The first-order valence-corrected chi connectivity index (χ1v) is 22.8. The van der Waals surface area contributed by atoms with Crippen molar-refractivity contribution in [2.24, 2.45) is 0 Å². The number of nitrogens with one attached hydrogen (secondary N) is 4. The van der Waals surface area contributed by atoms with E-state index in [0.717, 1.165) is 56.0 Å². The minimum atomic E-state index is -4.59. The molecule has 6 amide bonds. The van der Waals surface area contributed by atoms with Gasteiger partial charge in [-0.1, -0.05) is 55.4 Å². The molecular weight excluding hydrogens is 894 g/mol. The number of nitrogens with zero attached hydrogens (tertiary/aromatic N) is 5. The Morgan fingerprint density at radius 2 is 1.78 bits per heavy atom. The minimum Gasteiger partial charge on any atom is -0.383 e. The molecule has 1 saturated heterocycles.